The van der Waals surface area contributed by atoms with Crippen LogP contribution in [0, 0.1) is 10.1 Å². The number of carbonyl (C=O) groups excluding carboxylic acids is 3. The maximum absolute atomic E-state index is 13.0. The van der Waals surface area contributed by atoms with Crippen molar-refractivity contribution in [2.24, 2.45) is 5.73 Å². The molecule has 5 N–H and O–H groups in total. The van der Waals surface area contributed by atoms with Gasteiger partial charge in [0.25, 0.3) is 5.69 Å². The summed E-state index contributed by atoms with van der Waals surface area (Å²) in [6.45, 7) is 4.80. The Hall–Kier alpha value is -4.15. The van der Waals surface area contributed by atoms with Gasteiger partial charge in [-0.05, 0) is 44.0 Å². The molecule has 34 heavy (non-hydrogen) atoms. The number of phenolic OH excluding ortho intramolecular Hbond substituents is 1. The Bertz CT molecular complexity index is 1030. The van der Waals surface area contributed by atoms with Crippen molar-refractivity contribution in [1.82, 2.24) is 10.6 Å². The quantitative estimate of drug-likeness (QED) is 0.320. The number of ether oxygens (including phenoxy) is 1. The zero-order chi connectivity index (χ0) is 25.5. The van der Waals surface area contributed by atoms with E-state index in [1.807, 2.05) is 0 Å². The number of aromatic hydroxyl groups is 1. The number of hydrogen-bond donors (Lipinski definition) is 4. The Balaban J connectivity index is 2.19. The lowest BCUT2D eigenvalue weighted by molar-refractivity contribution is -0.384. The first-order valence-corrected chi connectivity index (χ1v) is 10.4. The molecule has 0 bridgehead atoms. The number of non-ortho nitro benzene ring substituents is 1. The number of benzene rings is 2. The highest BCUT2D eigenvalue weighted by Gasteiger charge is 2.26. The Morgan fingerprint density at radius 1 is 0.971 bits per heavy atom. The van der Waals surface area contributed by atoms with E-state index in [0.717, 1.165) is 0 Å². The van der Waals surface area contributed by atoms with Crippen molar-refractivity contribution in [2.75, 3.05) is 13.1 Å². The molecule has 1 unspecified atom stereocenters. The highest BCUT2D eigenvalue weighted by Crippen LogP contribution is 2.22. The van der Waals surface area contributed by atoms with Crippen molar-refractivity contribution in [2.45, 2.75) is 38.2 Å². The van der Waals surface area contributed by atoms with Gasteiger partial charge in [0.2, 0.25) is 11.8 Å². The number of rotatable bonds is 9. The van der Waals surface area contributed by atoms with E-state index in [1.54, 1.807) is 20.8 Å². The number of phenols is 1. The van der Waals surface area contributed by atoms with E-state index in [4.69, 9.17) is 10.5 Å². The standard InChI is InChI=1S/C23H28N4O7/c1-23(2,3)34-22(31)26-13-19(15-4-8-16(9-5-15)27(32)33)21(30)25-12-18(20(24)29)14-6-10-17(28)11-7-14/h4-11,18-19,28H,12-13H2,1-3H3,(H2,24,29)(H,25,30)(H,26,31)/t18?,19-/m1/s1. The summed E-state index contributed by atoms with van der Waals surface area (Å²) < 4.78 is 5.20. The molecule has 0 spiro atoms. The molecular formula is C23H28N4O7. The number of hydrogen-bond acceptors (Lipinski definition) is 7. The van der Waals surface area contributed by atoms with Gasteiger partial charge in [-0.15, -0.1) is 0 Å². The fourth-order valence-electron chi connectivity index (χ4n) is 3.11. The molecular weight excluding hydrogens is 444 g/mol. The average Bonchev–Trinajstić information content (AvgIpc) is 2.74. The van der Waals surface area contributed by atoms with Crippen molar-refractivity contribution in [3.63, 3.8) is 0 Å². The lowest BCUT2D eigenvalue weighted by atomic mass is 9.95. The van der Waals surface area contributed by atoms with Crippen LogP contribution >= 0.6 is 0 Å². The van der Waals surface area contributed by atoms with E-state index in [9.17, 15) is 29.6 Å². The van der Waals surface area contributed by atoms with Gasteiger partial charge in [-0.1, -0.05) is 24.3 Å². The summed E-state index contributed by atoms with van der Waals surface area (Å²) in [4.78, 5) is 47.5. The Labute approximate surface area is 196 Å². The lowest BCUT2D eigenvalue weighted by Gasteiger charge is -2.23. The van der Waals surface area contributed by atoms with Crippen molar-refractivity contribution in [3.8, 4) is 5.75 Å². The second-order valence-corrected chi connectivity index (χ2v) is 8.58. The summed E-state index contributed by atoms with van der Waals surface area (Å²) >= 11 is 0. The predicted molar refractivity (Wildman–Crippen MR) is 123 cm³/mol. The van der Waals surface area contributed by atoms with Crippen LogP contribution in [0.2, 0.25) is 0 Å². The summed E-state index contributed by atoms with van der Waals surface area (Å²) in [7, 11) is 0. The summed E-state index contributed by atoms with van der Waals surface area (Å²) in [6.07, 6.45) is -0.730. The third-order valence-electron chi connectivity index (χ3n) is 4.79. The van der Waals surface area contributed by atoms with Gasteiger partial charge < -0.3 is 26.2 Å². The maximum atomic E-state index is 13.0. The SMILES string of the molecule is CC(C)(C)OC(=O)NC[C@@H](C(=O)NCC(C(N)=O)c1ccc(O)cc1)c1ccc([N+](=O)[O-])cc1. The van der Waals surface area contributed by atoms with Gasteiger partial charge in [0.1, 0.15) is 11.4 Å². The molecule has 11 heteroatoms. The molecule has 0 radical (unpaired) electrons. The molecule has 0 heterocycles. The second-order valence-electron chi connectivity index (χ2n) is 8.58. The molecule has 0 saturated carbocycles. The maximum Gasteiger partial charge on any atom is 0.407 e. The largest absolute Gasteiger partial charge is 0.508 e. The van der Waals surface area contributed by atoms with Gasteiger partial charge in [-0.2, -0.15) is 0 Å². The van der Waals surface area contributed by atoms with Crippen LogP contribution in [-0.4, -0.2) is 46.6 Å². The van der Waals surface area contributed by atoms with Gasteiger partial charge in [0.15, 0.2) is 0 Å². The number of nitrogens with one attached hydrogen (secondary N) is 2. The number of nitro groups is 1. The zero-order valence-corrected chi connectivity index (χ0v) is 19.1. The monoisotopic (exact) mass is 472 g/mol. The lowest BCUT2D eigenvalue weighted by Crippen LogP contribution is -2.41. The third-order valence-corrected chi connectivity index (χ3v) is 4.79. The van der Waals surface area contributed by atoms with Gasteiger partial charge >= 0.3 is 6.09 Å². The van der Waals surface area contributed by atoms with Crippen LogP contribution in [0.4, 0.5) is 10.5 Å². The van der Waals surface area contributed by atoms with Crippen LogP contribution in [0.15, 0.2) is 48.5 Å². The average molecular weight is 472 g/mol. The van der Waals surface area contributed by atoms with Crippen LogP contribution < -0.4 is 16.4 Å². The van der Waals surface area contributed by atoms with Crippen LogP contribution in [0.3, 0.4) is 0 Å². The van der Waals surface area contributed by atoms with Crippen molar-refractivity contribution < 1.29 is 29.2 Å². The normalized spacial score (nSPS) is 12.8. The van der Waals surface area contributed by atoms with Crippen LogP contribution in [-0.2, 0) is 14.3 Å². The molecule has 11 nitrogen and oxygen atoms in total. The molecule has 0 saturated heterocycles. The van der Waals surface area contributed by atoms with E-state index in [2.05, 4.69) is 10.6 Å². The first kappa shape index (κ1) is 26.1. The number of nitrogens with two attached hydrogens (primary N) is 1. The summed E-state index contributed by atoms with van der Waals surface area (Å²) in [5.74, 6) is -2.98. The minimum Gasteiger partial charge on any atom is -0.508 e. The van der Waals surface area contributed by atoms with Crippen molar-refractivity contribution in [1.29, 1.82) is 0 Å². The van der Waals surface area contributed by atoms with E-state index in [1.165, 1.54) is 48.5 Å². The first-order valence-electron chi connectivity index (χ1n) is 10.4. The summed E-state index contributed by atoms with van der Waals surface area (Å²) in [5, 5.41) is 25.6. The Morgan fingerprint density at radius 3 is 1.97 bits per heavy atom. The minimum atomic E-state index is -0.929. The molecule has 2 rings (SSSR count). The fourth-order valence-corrected chi connectivity index (χ4v) is 3.11. The fraction of sp³-hybridized carbons (Fsp3) is 0.348. The van der Waals surface area contributed by atoms with Gasteiger partial charge in [-0.25, -0.2) is 4.79 Å². The minimum absolute atomic E-state index is 0.0162. The van der Waals surface area contributed by atoms with Gasteiger partial charge in [0.05, 0.1) is 16.8 Å². The molecule has 3 amide bonds. The number of alkyl carbamates (subject to hydrolysis) is 1. The molecule has 2 aromatic carbocycles. The predicted octanol–water partition coefficient (Wildman–Crippen LogP) is 2.29. The van der Waals surface area contributed by atoms with Crippen LogP contribution in [0.1, 0.15) is 43.7 Å². The number of primary amides is 1. The Morgan fingerprint density at radius 2 is 1.47 bits per heavy atom. The van der Waals surface area contributed by atoms with E-state index in [-0.39, 0.29) is 24.5 Å². The number of amides is 3. The van der Waals surface area contributed by atoms with E-state index in [0.29, 0.717) is 11.1 Å². The number of carbonyl (C=O) groups is 3. The Kier molecular flexibility index (Phi) is 8.54. The number of nitrogens with zero attached hydrogens (tertiary/aromatic N) is 1. The molecule has 0 aliphatic rings. The number of nitro benzene ring substituents is 1. The van der Waals surface area contributed by atoms with E-state index >= 15 is 0 Å². The molecule has 2 atom stereocenters. The molecule has 0 aliphatic carbocycles. The van der Waals surface area contributed by atoms with Crippen molar-refractivity contribution >= 4 is 23.6 Å². The highest BCUT2D eigenvalue weighted by molar-refractivity contribution is 5.87. The second kappa shape index (κ2) is 11.1. The highest BCUT2D eigenvalue weighted by atomic mass is 16.6. The molecule has 0 aliphatic heterocycles. The topological polar surface area (TPSA) is 174 Å². The smallest absolute Gasteiger partial charge is 0.407 e. The summed E-state index contributed by atoms with van der Waals surface area (Å²) in [6, 6.07) is 11.2. The molecule has 182 valence electrons. The molecule has 2 aromatic rings. The zero-order valence-electron chi connectivity index (χ0n) is 19.1. The van der Waals surface area contributed by atoms with Crippen molar-refractivity contribution in [3.05, 3.63) is 69.8 Å². The van der Waals surface area contributed by atoms with Crippen LogP contribution in [0.5, 0.6) is 5.75 Å². The third kappa shape index (κ3) is 7.76. The first-order chi connectivity index (χ1) is 15.9. The van der Waals surface area contributed by atoms with Gasteiger partial charge in [-0.3, -0.25) is 19.7 Å². The molecule has 0 aromatic heterocycles. The van der Waals surface area contributed by atoms with Gasteiger partial charge in [0, 0.05) is 25.2 Å². The summed E-state index contributed by atoms with van der Waals surface area (Å²) in [5.41, 5.74) is 5.52. The van der Waals surface area contributed by atoms with Crippen LogP contribution in [0.25, 0.3) is 0 Å². The molecule has 0 fully saturated rings. The van der Waals surface area contributed by atoms with E-state index < -0.39 is 40.3 Å².